The summed E-state index contributed by atoms with van der Waals surface area (Å²) in [6.45, 7) is 11.0. The molecule has 0 bridgehead atoms. The van der Waals surface area contributed by atoms with Crippen LogP contribution in [0.3, 0.4) is 0 Å². The van der Waals surface area contributed by atoms with E-state index in [4.69, 9.17) is 18.6 Å². The van der Waals surface area contributed by atoms with Crippen LogP contribution >= 0.6 is 0 Å². The molecule has 0 saturated carbocycles. The topological polar surface area (TPSA) is 101 Å². The molecule has 0 amide bonds. The van der Waals surface area contributed by atoms with Crippen molar-refractivity contribution in [3.63, 3.8) is 0 Å². The third kappa shape index (κ3) is 6.19. The summed E-state index contributed by atoms with van der Waals surface area (Å²) in [5, 5.41) is 10.0. The minimum absolute atomic E-state index is 0.0231. The first-order valence-corrected chi connectivity index (χ1v) is 14.8. The molecule has 2 aromatic rings. The average molecular weight is 507 g/mol. The summed E-state index contributed by atoms with van der Waals surface area (Å²) >= 11 is 0. The zero-order valence-corrected chi connectivity index (χ0v) is 22.5. The van der Waals surface area contributed by atoms with Crippen LogP contribution in [0.15, 0.2) is 52.2 Å². The Balaban J connectivity index is 1.81. The number of aliphatic hydroxyl groups excluding tert-OH is 1. The van der Waals surface area contributed by atoms with Crippen LogP contribution in [0.4, 0.5) is 0 Å². The predicted octanol–water partition coefficient (Wildman–Crippen LogP) is 2.73. The number of hydrogen-bond acceptors (Lipinski definition) is 7. The molecular weight excluding hydrogens is 468 g/mol. The molecule has 35 heavy (non-hydrogen) atoms. The van der Waals surface area contributed by atoms with Gasteiger partial charge in [0, 0.05) is 31.9 Å². The van der Waals surface area contributed by atoms with E-state index in [1.165, 1.54) is 16.8 Å². The van der Waals surface area contributed by atoms with Gasteiger partial charge in [-0.3, -0.25) is 9.36 Å². The normalized spacial score (nSPS) is 23.1. The lowest BCUT2D eigenvalue weighted by molar-refractivity contribution is -0.0641. The molecule has 1 aromatic carbocycles. The van der Waals surface area contributed by atoms with E-state index >= 15 is 0 Å². The van der Waals surface area contributed by atoms with Gasteiger partial charge in [-0.15, -0.1) is 0 Å². The number of aliphatic hydroxyl groups is 1. The molecule has 0 spiro atoms. The van der Waals surface area contributed by atoms with Crippen molar-refractivity contribution in [2.45, 2.75) is 70.7 Å². The largest absolute Gasteiger partial charge is 0.416 e. The Hall–Kier alpha value is -2.08. The molecule has 3 rings (SSSR count). The fourth-order valence-corrected chi connectivity index (χ4v) is 4.91. The van der Waals surface area contributed by atoms with Crippen LogP contribution in [0, 0.1) is 5.92 Å². The van der Waals surface area contributed by atoms with Crippen LogP contribution in [-0.2, 0) is 32.0 Å². The second-order valence-corrected chi connectivity index (χ2v) is 15.2. The Morgan fingerprint density at radius 2 is 1.80 bits per heavy atom. The van der Waals surface area contributed by atoms with E-state index in [0.29, 0.717) is 6.61 Å². The molecule has 0 radical (unpaired) electrons. The zero-order valence-electron chi connectivity index (χ0n) is 21.5. The SMILES string of the molecule is CO[C@H]1C(CO[Si](C)(C)C(C)(C)C)[C@@H](CO)O[C@H]1n1ccc(=O)n(COCc2ccccc2)c1=O. The van der Waals surface area contributed by atoms with Crippen LogP contribution in [0.25, 0.3) is 0 Å². The number of methoxy groups -OCH3 is 1. The van der Waals surface area contributed by atoms with Crippen molar-refractivity contribution in [3.8, 4) is 0 Å². The Morgan fingerprint density at radius 1 is 1.11 bits per heavy atom. The minimum Gasteiger partial charge on any atom is -0.416 e. The van der Waals surface area contributed by atoms with Gasteiger partial charge >= 0.3 is 5.69 Å². The van der Waals surface area contributed by atoms with Gasteiger partial charge in [0.2, 0.25) is 0 Å². The fraction of sp³-hybridized carbons (Fsp3) is 0.600. The predicted molar refractivity (Wildman–Crippen MR) is 135 cm³/mol. The van der Waals surface area contributed by atoms with Crippen molar-refractivity contribution in [1.82, 2.24) is 9.13 Å². The van der Waals surface area contributed by atoms with Crippen molar-refractivity contribution in [1.29, 1.82) is 0 Å². The van der Waals surface area contributed by atoms with Crippen molar-refractivity contribution in [3.05, 3.63) is 69.0 Å². The van der Waals surface area contributed by atoms with Crippen molar-refractivity contribution in [2.24, 2.45) is 5.92 Å². The summed E-state index contributed by atoms with van der Waals surface area (Å²) in [4.78, 5) is 25.7. The maximum Gasteiger partial charge on any atom is 0.335 e. The van der Waals surface area contributed by atoms with Gasteiger partial charge in [-0.05, 0) is 23.7 Å². The summed E-state index contributed by atoms with van der Waals surface area (Å²) in [6, 6.07) is 10.8. The summed E-state index contributed by atoms with van der Waals surface area (Å²) in [5.41, 5.74) is -0.103. The van der Waals surface area contributed by atoms with Crippen LogP contribution in [-0.4, -0.2) is 55.1 Å². The van der Waals surface area contributed by atoms with Gasteiger partial charge in [-0.1, -0.05) is 51.1 Å². The van der Waals surface area contributed by atoms with Crippen LogP contribution in [0.1, 0.15) is 32.6 Å². The fourth-order valence-electron chi connectivity index (χ4n) is 3.87. The first-order valence-electron chi connectivity index (χ1n) is 11.9. The summed E-state index contributed by atoms with van der Waals surface area (Å²) < 4.78 is 26.2. The molecule has 9 nitrogen and oxygen atoms in total. The number of ether oxygens (including phenoxy) is 3. The zero-order chi connectivity index (χ0) is 25.8. The molecule has 1 aliphatic heterocycles. The highest BCUT2D eigenvalue weighted by atomic mass is 28.4. The summed E-state index contributed by atoms with van der Waals surface area (Å²) in [6.07, 6.45) is -0.540. The number of nitrogens with zero attached hydrogens (tertiary/aromatic N) is 2. The van der Waals surface area contributed by atoms with Gasteiger partial charge in [0.1, 0.15) is 12.8 Å². The maximum atomic E-state index is 13.3. The van der Waals surface area contributed by atoms with E-state index in [-0.39, 0.29) is 30.9 Å². The van der Waals surface area contributed by atoms with Crippen LogP contribution < -0.4 is 11.2 Å². The highest BCUT2D eigenvalue weighted by molar-refractivity contribution is 6.74. The van der Waals surface area contributed by atoms with Crippen LogP contribution in [0.5, 0.6) is 0 Å². The molecule has 1 aliphatic rings. The lowest BCUT2D eigenvalue weighted by Crippen LogP contribution is -2.45. The molecule has 10 heteroatoms. The Bertz CT molecular complexity index is 1080. The van der Waals surface area contributed by atoms with E-state index < -0.39 is 38.0 Å². The van der Waals surface area contributed by atoms with Crippen molar-refractivity contribution in [2.75, 3.05) is 20.3 Å². The molecule has 1 N–H and O–H groups in total. The van der Waals surface area contributed by atoms with Crippen molar-refractivity contribution < 1.29 is 23.7 Å². The van der Waals surface area contributed by atoms with Gasteiger partial charge in [0.05, 0.1) is 19.3 Å². The molecule has 194 valence electrons. The number of benzene rings is 1. The average Bonchev–Trinajstić information content (AvgIpc) is 3.17. The van der Waals surface area contributed by atoms with Gasteiger partial charge in [-0.2, -0.15) is 0 Å². The monoisotopic (exact) mass is 506 g/mol. The van der Waals surface area contributed by atoms with Crippen molar-refractivity contribution >= 4 is 8.32 Å². The molecule has 4 atom stereocenters. The Morgan fingerprint density at radius 3 is 2.40 bits per heavy atom. The van der Waals surface area contributed by atoms with E-state index in [9.17, 15) is 14.7 Å². The minimum atomic E-state index is -2.05. The highest BCUT2D eigenvalue weighted by Crippen LogP contribution is 2.40. The van der Waals surface area contributed by atoms with E-state index in [1.807, 2.05) is 30.3 Å². The first-order chi connectivity index (χ1) is 16.5. The maximum absolute atomic E-state index is 13.3. The molecule has 1 saturated heterocycles. The molecule has 1 unspecified atom stereocenters. The van der Waals surface area contributed by atoms with Gasteiger partial charge < -0.3 is 23.7 Å². The second kappa shape index (κ2) is 11.3. The smallest absolute Gasteiger partial charge is 0.335 e. The quantitative estimate of drug-likeness (QED) is 0.495. The van der Waals surface area contributed by atoms with E-state index in [0.717, 1.165) is 10.1 Å². The van der Waals surface area contributed by atoms with E-state index in [1.54, 1.807) is 7.11 Å². The number of hydrogen-bond donors (Lipinski definition) is 1. The van der Waals surface area contributed by atoms with E-state index in [2.05, 4.69) is 33.9 Å². The Labute approximate surface area is 207 Å². The molecular formula is C25H38N2O7Si. The molecule has 1 fully saturated rings. The summed E-state index contributed by atoms with van der Waals surface area (Å²) in [7, 11) is -0.506. The number of aromatic nitrogens is 2. The standard InChI is InChI=1S/C25H38N2O7Si/c1-25(2,3)35(5,6)33-16-19-20(14-28)34-23(22(19)31-4)26-13-12-21(29)27(24(26)30)17-32-15-18-10-8-7-9-11-18/h7-13,19-20,22-23,28H,14-17H2,1-6H3/t19?,20-,22+,23-/m1/s1. The van der Waals surface area contributed by atoms with Gasteiger partial charge in [-0.25, -0.2) is 9.36 Å². The van der Waals surface area contributed by atoms with Gasteiger partial charge in [0.25, 0.3) is 5.56 Å². The first kappa shape index (κ1) is 27.5. The lowest BCUT2D eigenvalue weighted by atomic mass is 9.99. The second-order valence-electron chi connectivity index (χ2n) is 10.4. The Kier molecular flexibility index (Phi) is 8.89. The van der Waals surface area contributed by atoms with Gasteiger partial charge in [0.15, 0.2) is 14.5 Å². The molecule has 0 aliphatic carbocycles. The third-order valence-electron chi connectivity index (χ3n) is 7.09. The lowest BCUT2D eigenvalue weighted by Gasteiger charge is -2.37. The number of rotatable bonds is 10. The molecule has 2 heterocycles. The third-order valence-corrected chi connectivity index (χ3v) is 11.6. The van der Waals surface area contributed by atoms with Crippen LogP contribution in [0.2, 0.25) is 18.1 Å². The molecule has 1 aromatic heterocycles. The summed E-state index contributed by atoms with van der Waals surface area (Å²) in [5.74, 6) is -0.286. The highest BCUT2D eigenvalue weighted by Gasteiger charge is 2.48.